The van der Waals surface area contributed by atoms with Crippen molar-refractivity contribution in [3.8, 4) is 5.75 Å². The highest BCUT2D eigenvalue weighted by Crippen LogP contribution is 2.67. The van der Waals surface area contributed by atoms with Gasteiger partial charge in [-0.05, 0) is 79.5 Å². The first kappa shape index (κ1) is 25.3. The van der Waals surface area contributed by atoms with Crippen molar-refractivity contribution in [1.29, 1.82) is 0 Å². The van der Waals surface area contributed by atoms with Crippen LogP contribution in [0.2, 0.25) is 0 Å². The molecule has 0 amide bonds. The average molecular weight is 483 g/mol. The van der Waals surface area contributed by atoms with Gasteiger partial charge in [0.15, 0.2) is 5.79 Å². The van der Waals surface area contributed by atoms with Gasteiger partial charge in [-0.1, -0.05) is 69.6 Å². The molecule has 0 bridgehead atoms. The second-order valence-electron chi connectivity index (χ2n) is 11.9. The molecule has 1 saturated heterocycles. The fourth-order valence-electron chi connectivity index (χ4n) is 8.13. The lowest BCUT2D eigenvalue weighted by molar-refractivity contribution is -0.235. The lowest BCUT2D eigenvalue weighted by atomic mass is 9.54. The number of hydrogen-bond donors (Lipinski definition) is 2. The van der Waals surface area contributed by atoms with E-state index in [-0.39, 0.29) is 11.2 Å². The van der Waals surface area contributed by atoms with Gasteiger partial charge in [0.2, 0.25) is 0 Å². The largest absolute Gasteiger partial charge is 0.508 e. The zero-order valence-electron chi connectivity index (χ0n) is 21.8. The molecule has 35 heavy (non-hydrogen) atoms. The molecule has 3 aliphatic carbocycles. The molecule has 1 heterocycles. The van der Waals surface area contributed by atoms with Gasteiger partial charge in [0.05, 0.1) is 13.2 Å². The Morgan fingerprint density at radius 2 is 1.57 bits per heavy atom. The third-order valence-electron chi connectivity index (χ3n) is 9.93. The number of benzene rings is 1. The van der Waals surface area contributed by atoms with Crippen LogP contribution in [0.15, 0.2) is 23.8 Å². The molecule has 194 valence electrons. The highest BCUT2D eigenvalue weighted by molar-refractivity contribution is 5.64. The van der Waals surface area contributed by atoms with Gasteiger partial charge in [-0.25, -0.2) is 0 Å². The molecule has 0 unspecified atom stereocenters. The monoisotopic (exact) mass is 482 g/mol. The molecule has 2 saturated carbocycles. The number of rotatable bonds is 11. The van der Waals surface area contributed by atoms with E-state index in [1.807, 2.05) is 12.1 Å². The number of allylic oxidation sites excluding steroid dienone is 1. The minimum absolute atomic E-state index is 0.0915. The Hall–Kier alpha value is -1.36. The van der Waals surface area contributed by atoms with Gasteiger partial charge in [0, 0.05) is 18.4 Å². The van der Waals surface area contributed by atoms with Crippen molar-refractivity contribution in [2.24, 2.45) is 17.3 Å². The number of ether oxygens (including phenoxy) is 2. The number of phenols is 1. The van der Waals surface area contributed by atoms with Gasteiger partial charge >= 0.3 is 0 Å². The van der Waals surface area contributed by atoms with Crippen LogP contribution in [0.4, 0.5) is 0 Å². The van der Waals surface area contributed by atoms with Crippen LogP contribution in [0.5, 0.6) is 5.75 Å². The summed E-state index contributed by atoms with van der Waals surface area (Å²) in [6.45, 7) is 4.27. The van der Waals surface area contributed by atoms with Crippen molar-refractivity contribution in [2.75, 3.05) is 19.8 Å². The number of aliphatic hydroxyl groups is 1. The Bertz CT molecular complexity index is 886. The maximum absolute atomic E-state index is 10.2. The quantitative estimate of drug-likeness (QED) is 0.324. The van der Waals surface area contributed by atoms with E-state index < -0.39 is 0 Å². The number of hydrogen-bond acceptors (Lipinski definition) is 4. The van der Waals surface area contributed by atoms with Crippen molar-refractivity contribution in [1.82, 2.24) is 0 Å². The zero-order chi connectivity index (χ0) is 24.3. The van der Waals surface area contributed by atoms with E-state index in [0.717, 1.165) is 32.5 Å². The van der Waals surface area contributed by atoms with Gasteiger partial charge in [-0.3, -0.25) is 0 Å². The second kappa shape index (κ2) is 10.9. The summed E-state index contributed by atoms with van der Waals surface area (Å²) in [4.78, 5) is 0. The molecule has 1 spiro atoms. The van der Waals surface area contributed by atoms with Gasteiger partial charge in [0.1, 0.15) is 5.75 Å². The van der Waals surface area contributed by atoms with E-state index in [1.165, 1.54) is 81.8 Å². The summed E-state index contributed by atoms with van der Waals surface area (Å²) >= 11 is 0. The van der Waals surface area contributed by atoms with Crippen LogP contribution < -0.4 is 0 Å². The summed E-state index contributed by atoms with van der Waals surface area (Å²) in [6, 6.07) is 6.05. The Morgan fingerprint density at radius 3 is 2.29 bits per heavy atom. The normalized spacial score (nSPS) is 30.7. The Balaban J connectivity index is 1.25. The van der Waals surface area contributed by atoms with Crippen molar-refractivity contribution in [3.63, 3.8) is 0 Å². The third kappa shape index (κ3) is 4.83. The van der Waals surface area contributed by atoms with E-state index in [2.05, 4.69) is 19.1 Å². The Labute approximate surface area is 212 Å². The summed E-state index contributed by atoms with van der Waals surface area (Å²) < 4.78 is 12.7. The third-order valence-corrected chi connectivity index (χ3v) is 9.93. The maximum atomic E-state index is 10.2. The molecule has 1 aromatic carbocycles. The van der Waals surface area contributed by atoms with Crippen LogP contribution >= 0.6 is 0 Å². The zero-order valence-corrected chi connectivity index (χ0v) is 21.8. The van der Waals surface area contributed by atoms with Crippen LogP contribution in [0.25, 0.3) is 6.08 Å². The average Bonchev–Trinajstić information content (AvgIpc) is 3.45. The number of aromatic hydroxyl groups is 1. The molecule has 4 nitrogen and oxygen atoms in total. The van der Waals surface area contributed by atoms with E-state index in [9.17, 15) is 5.11 Å². The van der Waals surface area contributed by atoms with Crippen LogP contribution in [0, 0.1) is 17.3 Å². The highest BCUT2D eigenvalue weighted by atomic mass is 16.7. The standard InChI is InChI=1S/C31H46O4/c1-30-16-14-27-26-13-12-25(33)22-24(26)21-23(11-9-7-5-3-2-4-6-8-10-18-32)29(27)28(30)15-17-31(30)34-19-20-35-31/h12-13,21-22,27-29,32-33H,2-11,14-20H2,1H3/t27-,28+,29-,30+/m1/s1. The van der Waals surface area contributed by atoms with Crippen molar-refractivity contribution in [2.45, 2.75) is 109 Å². The SMILES string of the molecule is C[C@]12CC[C@@H]3c4ccc(O)cc4C=C(CCCCCCCCCCCO)[C@H]3[C@@H]1CCC21OCCO1. The van der Waals surface area contributed by atoms with Gasteiger partial charge in [-0.2, -0.15) is 0 Å². The first-order chi connectivity index (χ1) is 17.1. The van der Waals surface area contributed by atoms with Crippen molar-refractivity contribution >= 4 is 6.08 Å². The molecule has 5 rings (SSSR count). The van der Waals surface area contributed by atoms with Crippen LogP contribution in [0.3, 0.4) is 0 Å². The summed E-state index contributed by atoms with van der Waals surface area (Å²) in [5.74, 6) is 1.75. The van der Waals surface area contributed by atoms with Crippen LogP contribution in [0.1, 0.15) is 114 Å². The molecule has 2 N–H and O–H groups in total. The summed E-state index contributed by atoms with van der Waals surface area (Å²) in [5, 5.41) is 19.1. The number of phenolic OH excluding ortho intramolecular Hbond substituents is 1. The molecule has 1 aliphatic heterocycles. The smallest absolute Gasteiger partial charge is 0.174 e. The lowest BCUT2D eigenvalue weighted by Gasteiger charge is -2.53. The molecule has 4 aliphatic rings. The van der Waals surface area contributed by atoms with E-state index in [4.69, 9.17) is 14.6 Å². The van der Waals surface area contributed by atoms with E-state index in [1.54, 1.807) is 5.57 Å². The van der Waals surface area contributed by atoms with Gasteiger partial charge < -0.3 is 19.7 Å². The molecule has 0 aromatic heterocycles. The van der Waals surface area contributed by atoms with Gasteiger partial charge in [0.25, 0.3) is 0 Å². The molecular weight excluding hydrogens is 436 g/mol. The van der Waals surface area contributed by atoms with Crippen LogP contribution in [-0.2, 0) is 9.47 Å². The molecular formula is C31H46O4. The summed E-state index contributed by atoms with van der Waals surface area (Å²) in [7, 11) is 0. The van der Waals surface area contributed by atoms with Crippen LogP contribution in [-0.4, -0.2) is 35.8 Å². The Kier molecular flexibility index (Phi) is 7.91. The topological polar surface area (TPSA) is 58.9 Å². The highest BCUT2D eigenvalue weighted by Gasteiger charge is 2.65. The molecule has 1 aromatic rings. The lowest BCUT2D eigenvalue weighted by Crippen LogP contribution is -2.51. The van der Waals surface area contributed by atoms with Crippen molar-refractivity contribution < 1.29 is 19.7 Å². The first-order valence-electron chi connectivity index (χ1n) is 14.5. The molecule has 4 atom stereocenters. The van der Waals surface area contributed by atoms with E-state index in [0.29, 0.717) is 30.1 Å². The summed E-state index contributed by atoms with van der Waals surface area (Å²) in [6.07, 6.45) is 19.4. The van der Waals surface area contributed by atoms with Gasteiger partial charge in [-0.15, -0.1) is 0 Å². The van der Waals surface area contributed by atoms with Crippen molar-refractivity contribution in [3.05, 3.63) is 34.9 Å². The minimum atomic E-state index is -0.361. The predicted octanol–water partition coefficient (Wildman–Crippen LogP) is 7.34. The number of unbranched alkanes of at least 4 members (excludes halogenated alkanes) is 8. The summed E-state index contributed by atoms with van der Waals surface area (Å²) in [5.41, 5.74) is 4.39. The fraction of sp³-hybridized carbons (Fsp3) is 0.742. The Morgan fingerprint density at radius 1 is 0.886 bits per heavy atom. The predicted molar refractivity (Wildman–Crippen MR) is 140 cm³/mol. The first-order valence-corrected chi connectivity index (χ1v) is 14.5. The molecule has 3 fully saturated rings. The van der Waals surface area contributed by atoms with E-state index >= 15 is 0 Å². The minimum Gasteiger partial charge on any atom is -0.508 e. The molecule has 4 heteroatoms. The maximum Gasteiger partial charge on any atom is 0.174 e. The number of fused-ring (bicyclic) bond motifs is 6. The number of aliphatic hydroxyl groups excluding tert-OH is 1. The second-order valence-corrected chi connectivity index (χ2v) is 11.9. The fourth-order valence-corrected chi connectivity index (χ4v) is 8.13. The molecule has 0 radical (unpaired) electrons.